The van der Waals surface area contributed by atoms with E-state index in [1.807, 2.05) is 0 Å². The molecule has 0 bridgehead atoms. The number of nitrogens with zero attached hydrogens (tertiary/aromatic N) is 3. The van der Waals surface area contributed by atoms with E-state index in [9.17, 15) is 4.79 Å². The second-order valence-electron chi connectivity index (χ2n) is 4.58. The van der Waals surface area contributed by atoms with Gasteiger partial charge in [-0.1, -0.05) is 0 Å². The van der Waals surface area contributed by atoms with Crippen molar-refractivity contribution in [3.8, 4) is 28.6 Å². The highest BCUT2D eigenvalue weighted by Crippen LogP contribution is 2.41. The Kier molecular flexibility index (Phi) is 3.93. The third-order valence-corrected chi connectivity index (χ3v) is 4.21. The molecule has 22 heavy (non-hydrogen) atoms. The van der Waals surface area contributed by atoms with Gasteiger partial charge in [-0.25, -0.2) is 9.67 Å². The Labute approximate surface area is 131 Å². The molecule has 0 aliphatic carbocycles. The SMILES string of the molecule is COc1cc(-c2nc3n(n2)CCC(=O)S3)cc(OC)c1OC. The van der Waals surface area contributed by atoms with Gasteiger partial charge in [0.15, 0.2) is 27.6 Å². The minimum Gasteiger partial charge on any atom is -0.493 e. The molecule has 1 aliphatic heterocycles. The van der Waals surface area contributed by atoms with E-state index in [1.165, 1.54) is 0 Å². The molecule has 116 valence electrons. The molecular formula is C14H15N3O4S. The molecule has 1 aliphatic rings. The molecule has 2 heterocycles. The van der Waals surface area contributed by atoms with Crippen LogP contribution in [0.15, 0.2) is 17.3 Å². The lowest BCUT2D eigenvalue weighted by Crippen LogP contribution is -2.12. The summed E-state index contributed by atoms with van der Waals surface area (Å²) >= 11 is 1.12. The fraction of sp³-hybridized carbons (Fsp3) is 0.357. The number of methoxy groups -OCH3 is 3. The van der Waals surface area contributed by atoms with Crippen molar-refractivity contribution in [2.75, 3.05) is 21.3 Å². The van der Waals surface area contributed by atoms with Crippen molar-refractivity contribution in [3.05, 3.63) is 12.1 Å². The summed E-state index contributed by atoms with van der Waals surface area (Å²) in [5.41, 5.74) is 0.740. The zero-order valence-corrected chi connectivity index (χ0v) is 13.3. The van der Waals surface area contributed by atoms with Gasteiger partial charge in [0.25, 0.3) is 0 Å². The molecule has 0 N–H and O–H groups in total. The summed E-state index contributed by atoms with van der Waals surface area (Å²) in [7, 11) is 4.66. The molecule has 0 unspecified atom stereocenters. The normalized spacial score (nSPS) is 13.7. The Bertz CT molecular complexity index is 704. The van der Waals surface area contributed by atoms with Crippen LogP contribution in [0.2, 0.25) is 0 Å². The Morgan fingerprint density at radius 2 is 1.82 bits per heavy atom. The van der Waals surface area contributed by atoms with Gasteiger partial charge in [-0.05, 0) is 23.9 Å². The maximum Gasteiger partial charge on any atom is 0.203 e. The van der Waals surface area contributed by atoms with Gasteiger partial charge in [0, 0.05) is 12.0 Å². The minimum atomic E-state index is 0.108. The number of carbonyl (C=O) groups is 1. The number of fused-ring (bicyclic) bond motifs is 1. The molecule has 0 saturated heterocycles. The first kappa shape index (κ1) is 14.7. The fourth-order valence-electron chi connectivity index (χ4n) is 2.23. The molecule has 3 rings (SSSR count). The van der Waals surface area contributed by atoms with Crippen molar-refractivity contribution in [1.82, 2.24) is 14.8 Å². The van der Waals surface area contributed by atoms with E-state index < -0.39 is 0 Å². The van der Waals surface area contributed by atoms with Crippen LogP contribution in [0, 0.1) is 0 Å². The van der Waals surface area contributed by atoms with Gasteiger partial charge in [-0.2, -0.15) is 0 Å². The van der Waals surface area contributed by atoms with Crippen LogP contribution in [0.4, 0.5) is 0 Å². The Morgan fingerprint density at radius 3 is 2.41 bits per heavy atom. The highest BCUT2D eigenvalue weighted by molar-refractivity contribution is 8.13. The van der Waals surface area contributed by atoms with Crippen LogP contribution < -0.4 is 14.2 Å². The average Bonchev–Trinajstić information content (AvgIpc) is 2.96. The lowest BCUT2D eigenvalue weighted by atomic mass is 10.1. The van der Waals surface area contributed by atoms with E-state index >= 15 is 0 Å². The van der Waals surface area contributed by atoms with Crippen LogP contribution in [0.5, 0.6) is 17.2 Å². The van der Waals surface area contributed by atoms with Crippen LogP contribution in [-0.2, 0) is 11.3 Å². The third-order valence-electron chi connectivity index (χ3n) is 3.29. The highest BCUT2D eigenvalue weighted by atomic mass is 32.2. The van der Waals surface area contributed by atoms with E-state index in [0.717, 1.165) is 17.3 Å². The summed E-state index contributed by atoms with van der Waals surface area (Å²) in [4.78, 5) is 15.9. The van der Waals surface area contributed by atoms with Crippen LogP contribution in [-0.4, -0.2) is 41.2 Å². The lowest BCUT2D eigenvalue weighted by Gasteiger charge is -2.12. The standard InChI is InChI=1S/C14H15N3O4S/c1-19-9-6-8(7-10(20-2)12(9)21-3)13-15-14-17(16-13)5-4-11(18)22-14/h6-7H,4-5H2,1-3H3. The van der Waals surface area contributed by atoms with Crippen molar-refractivity contribution < 1.29 is 19.0 Å². The van der Waals surface area contributed by atoms with Gasteiger partial charge in [0.05, 0.1) is 27.9 Å². The molecule has 0 spiro atoms. The number of aromatic nitrogens is 3. The molecule has 1 aromatic heterocycles. The smallest absolute Gasteiger partial charge is 0.203 e. The van der Waals surface area contributed by atoms with Crippen LogP contribution in [0.1, 0.15) is 6.42 Å². The van der Waals surface area contributed by atoms with E-state index in [-0.39, 0.29) is 5.12 Å². The number of hydrogen-bond donors (Lipinski definition) is 0. The summed E-state index contributed by atoms with van der Waals surface area (Å²) in [5, 5.41) is 5.16. The maximum absolute atomic E-state index is 11.5. The number of benzene rings is 1. The number of rotatable bonds is 4. The molecule has 0 atom stereocenters. The fourth-order valence-corrected chi connectivity index (χ4v) is 3.00. The number of hydrogen-bond acceptors (Lipinski definition) is 7. The largest absolute Gasteiger partial charge is 0.493 e. The number of thioether (sulfide) groups is 1. The van der Waals surface area contributed by atoms with Crippen molar-refractivity contribution in [1.29, 1.82) is 0 Å². The molecule has 0 fully saturated rings. The summed E-state index contributed by atoms with van der Waals surface area (Å²) in [6, 6.07) is 3.57. The molecule has 8 heteroatoms. The van der Waals surface area contributed by atoms with Crippen LogP contribution in [0.3, 0.4) is 0 Å². The van der Waals surface area contributed by atoms with Gasteiger partial charge in [0.2, 0.25) is 5.75 Å². The first-order valence-electron chi connectivity index (χ1n) is 6.62. The zero-order valence-electron chi connectivity index (χ0n) is 12.5. The van der Waals surface area contributed by atoms with Crippen molar-refractivity contribution in [2.24, 2.45) is 0 Å². The van der Waals surface area contributed by atoms with Crippen molar-refractivity contribution in [3.63, 3.8) is 0 Å². The maximum atomic E-state index is 11.5. The number of aryl methyl sites for hydroxylation is 1. The second-order valence-corrected chi connectivity index (χ2v) is 5.60. The quantitative estimate of drug-likeness (QED) is 0.852. The molecular weight excluding hydrogens is 306 g/mol. The Morgan fingerprint density at radius 1 is 1.14 bits per heavy atom. The monoisotopic (exact) mass is 321 g/mol. The topological polar surface area (TPSA) is 75.5 Å². The summed E-state index contributed by atoms with van der Waals surface area (Å²) in [6.45, 7) is 0.554. The Hall–Kier alpha value is -2.22. The van der Waals surface area contributed by atoms with Crippen molar-refractivity contribution >= 4 is 16.9 Å². The summed E-state index contributed by atoms with van der Waals surface area (Å²) in [5.74, 6) is 2.11. The lowest BCUT2D eigenvalue weighted by molar-refractivity contribution is -0.111. The highest BCUT2D eigenvalue weighted by Gasteiger charge is 2.22. The van der Waals surface area contributed by atoms with E-state index in [4.69, 9.17) is 14.2 Å². The predicted molar refractivity (Wildman–Crippen MR) is 80.6 cm³/mol. The van der Waals surface area contributed by atoms with Gasteiger partial charge in [-0.3, -0.25) is 4.79 Å². The first-order chi connectivity index (χ1) is 10.7. The number of ether oxygens (including phenoxy) is 3. The minimum absolute atomic E-state index is 0.108. The predicted octanol–water partition coefficient (Wildman–Crippen LogP) is 1.99. The van der Waals surface area contributed by atoms with Gasteiger partial charge in [-0.15, -0.1) is 5.10 Å². The molecule has 0 saturated carbocycles. The Balaban J connectivity index is 2.07. The summed E-state index contributed by atoms with van der Waals surface area (Å²) in [6.07, 6.45) is 0.468. The zero-order chi connectivity index (χ0) is 15.7. The second kappa shape index (κ2) is 5.88. The number of carbonyl (C=O) groups excluding carboxylic acids is 1. The third kappa shape index (κ3) is 2.50. The summed E-state index contributed by atoms with van der Waals surface area (Å²) < 4.78 is 17.7. The molecule has 1 aromatic carbocycles. The molecule has 7 nitrogen and oxygen atoms in total. The van der Waals surface area contributed by atoms with Crippen LogP contribution >= 0.6 is 11.8 Å². The van der Waals surface area contributed by atoms with Crippen molar-refractivity contribution in [2.45, 2.75) is 18.1 Å². The molecule has 0 radical (unpaired) electrons. The van der Waals surface area contributed by atoms with E-state index in [2.05, 4.69) is 10.1 Å². The van der Waals surface area contributed by atoms with Gasteiger partial charge < -0.3 is 14.2 Å². The van der Waals surface area contributed by atoms with E-state index in [0.29, 0.717) is 41.2 Å². The molecule has 2 aromatic rings. The van der Waals surface area contributed by atoms with E-state index in [1.54, 1.807) is 38.1 Å². The van der Waals surface area contributed by atoms with Gasteiger partial charge >= 0.3 is 0 Å². The average molecular weight is 321 g/mol. The van der Waals surface area contributed by atoms with Crippen LogP contribution in [0.25, 0.3) is 11.4 Å². The first-order valence-corrected chi connectivity index (χ1v) is 7.43. The van der Waals surface area contributed by atoms with Gasteiger partial charge in [0.1, 0.15) is 0 Å². The molecule has 0 amide bonds.